The van der Waals surface area contributed by atoms with Crippen molar-refractivity contribution in [1.82, 2.24) is 0 Å². The molecule has 0 aliphatic rings. The lowest BCUT2D eigenvalue weighted by molar-refractivity contribution is -0.402. The van der Waals surface area contributed by atoms with E-state index >= 15 is 0 Å². The molecule has 0 unspecified atom stereocenters. The van der Waals surface area contributed by atoms with Gasteiger partial charge in [0, 0.05) is 6.54 Å². The summed E-state index contributed by atoms with van der Waals surface area (Å²) in [6.07, 6.45) is 0. The number of nitrogens with zero attached hydrogens (tertiary/aromatic N) is 1. The van der Waals surface area contributed by atoms with Crippen molar-refractivity contribution in [3.8, 4) is 0 Å². The molecular formula is C6H10ClN3O3. The van der Waals surface area contributed by atoms with Crippen molar-refractivity contribution in [2.24, 2.45) is 11.5 Å². The van der Waals surface area contributed by atoms with Crippen molar-refractivity contribution in [2.75, 3.05) is 6.54 Å². The maximum atomic E-state index is 10.2. The molecule has 0 radical (unpaired) electrons. The molecule has 0 fully saturated rings. The zero-order chi connectivity index (χ0) is 9.14. The SMILES string of the molecule is Cl.NC[C@@H](N)c1ccc([N+](=O)[O-])o1. The van der Waals surface area contributed by atoms with Gasteiger partial charge in [0.2, 0.25) is 0 Å². The minimum Gasteiger partial charge on any atom is -0.404 e. The fraction of sp³-hybridized carbons (Fsp3) is 0.333. The molecule has 0 saturated carbocycles. The fourth-order valence-corrected chi connectivity index (χ4v) is 0.756. The van der Waals surface area contributed by atoms with E-state index < -0.39 is 11.0 Å². The highest BCUT2D eigenvalue weighted by Gasteiger charge is 2.15. The zero-order valence-electron chi connectivity index (χ0n) is 6.67. The molecule has 4 N–H and O–H groups in total. The lowest BCUT2D eigenvalue weighted by Gasteiger charge is -2.01. The van der Waals surface area contributed by atoms with Crippen LogP contribution in [0.25, 0.3) is 0 Å². The van der Waals surface area contributed by atoms with Crippen LogP contribution in [0, 0.1) is 10.1 Å². The molecule has 0 amide bonds. The molecule has 7 heteroatoms. The average Bonchev–Trinajstić information content (AvgIpc) is 2.51. The molecule has 1 rings (SSSR count). The van der Waals surface area contributed by atoms with Crippen LogP contribution in [0.1, 0.15) is 11.8 Å². The normalized spacial score (nSPS) is 11.8. The van der Waals surface area contributed by atoms with Gasteiger partial charge in [-0.2, -0.15) is 0 Å². The second-order valence-electron chi connectivity index (χ2n) is 2.28. The third kappa shape index (κ3) is 2.69. The second-order valence-corrected chi connectivity index (χ2v) is 2.28. The Labute approximate surface area is 80.4 Å². The van der Waals surface area contributed by atoms with E-state index in [1.54, 1.807) is 0 Å². The maximum absolute atomic E-state index is 10.2. The van der Waals surface area contributed by atoms with Crippen LogP contribution in [-0.4, -0.2) is 11.5 Å². The van der Waals surface area contributed by atoms with Crippen molar-refractivity contribution < 1.29 is 9.34 Å². The Morgan fingerprint density at radius 3 is 2.62 bits per heavy atom. The highest BCUT2D eigenvalue weighted by Crippen LogP contribution is 2.19. The third-order valence-electron chi connectivity index (χ3n) is 1.41. The van der Waals surface area contributed by atoms with Gasteiger partial charge in [0.25, 0.3) is 0 Å². The Morgan fingerprint density at radius 2 is 2.23 bits per heavy atom. The van der Waals surface area contributed by atoms with Crippen LogP contribution in [0.15, 0.2) is 16.5 Å². The zero-order valence-corrected chi connectivity index (χ0v) is 7.49. The Morgan fingerprint density at radius 1 is 1.62 bits per heavy atom. The first-order valence-electron chi connectivity index (χ1n) is 3.35. The lowest BCUT2D eigenvalue weighted by Crippen LogP contribution is -2.19. The molecule has 0 spiro atoms. The molecule has 0 bridgehead atoms. The van der Waals surface area contributed by atoms with Crippen LogP contribution < -0.4 is 11.5 Å². The quantitative estimate of drug-likeness (QED) is 0.556. The average molecular weight is 208 g/mol. The molecule has 0 saturated heterocycles. The summed E-state index contributed by atoms with van der Waals surface area (Å²) >= 11 is 0. The van der Waals surface area contributed by atoms with Gasteiger partial charge in [-0.25, -0.2) is 0 Å². The summed E-state index contributed by atoms with van der Waals surface area (Å²) in [5.41, 5.74) is 10.7. The topological polar surface area (TPSA) is 108 Å². The molecule has 1 atom stereocenters. The van der Waals surface area contributed by atoms with Crippen LogP contribution in [0.3, 0.4) is 0 Å². The molecular weight excluding hydrogens is 198 g/mol. The monoisotopic (exact) mass is 207 g/mol. The summed E-state index contributed by atoms with van der Waals surface area (Å²) in [5, 5.41) is 10.2. The Hall–Kier alpha value is -1.11. The van der Waals surface area contributed by atoms with Crippen molar-refractivity contribution in [1.29, 1.82) is 0 Å². The number of rotatable bonds is 3. The smallest absolute Gasteiger partial charge is 0.404 e. The number of nitro groups is 1. The van der Waals surface area contributed by atoms with Crippen LogP contribution in [0.5, 0.6) is 0 Å². The van der Waals surface area contributed by atoms with Crippen LogP contribution in [0.4, 0.5) is 5.88 Å². The number of hydrogen-bond acceptors (Lipinski definition) is 5. The maximum Gasteiger partial charge on any atom is 0.433 e. The summed E-state index contributed by atoms with van der Waals surface area (Å²) in [6, 6.07) is 2.24. The van der Waals surface area contributed by atoms with Gasteiger partial charge >= 0.3 is 5.88 Å². The largest absolute Gasteiger partial charge is 0.433 e. The van der Waals surface area contributed by atoms with Gasteiger partial charge in [-0.3, -0.25) is 10.1 Å². The van der Waals surface area contributed by atoms with E-state index in [1.165, 1.54) is 12.1 Å². The van der Waals surface area contributed by atoms with Crippen molar-refractivity contribution in [2.45, 2.75) is 6.04 Å². The molecule has 1 aromatic heterocycles. The lowest BCUT2D eigenvalue weighted by atomic mass is 10.2. The number of nitrogens with two attached hydrogens (primary N) is 2. The van der Waals surface area contributed by atoms with Gasteiger partial charge in [0.1, 0.15) is 10.7 Å². The van der Waals surface area contributed by atoms with E-state index in [0.29, 0.717) is 5.76 Å². The summed E-state index contributed by atoms with van der Waals surface area (Å²) in [7, 11) is 0. The second kappa shape index (κ2) is 4.80. The third-order valence-corrected chi connectivity index (χ3v) is 1.41. The number of hydrogen-bond donors (Lipinski definition) is 2. The molecule has 6 nitrogen and oxygen atoms in total. The van der Waals surface area contributed by atoms with E-state index in [1.807, 2.05) is 0 Å². The van der Waals surface area contributed by atoms with Gasteiger partial charge in [-0.05, 0) is 6.07 Å². The van der Waals surface area contributed by atoms with Gasteiger partial charge < -0.3 is 15.9 Å². The molecule has 74 valence electrons. The van der Waals surface area contributed by atoms with E-state index in [4.69, 9.17) is 15.9 Å². The summed E-state index contributed by atoms with van der Waals surface area (Å²) in [6.45, 7) is 0.199. The van der Waals surface area contributed by atoms with Gasteiger partial charge in [0.05, 0.1) is 12.1 Å². The van der Waals surface area contributed by atoms with Crippen LogP contribution in [0.2, 0.25) is 0 Å². The van der Waals surface area contributed by atoms with Crippen LogP contribution >= 0.6 is 12.4 Å². The van der Waals surface area contributed by atoms with Gasteiger partial charge in [0.15, 0.2) is 0 Å². The fourth-order valence-electron chi connectivity index (χ4n) is 0.756. The standard InChI is InChI=1S/C6H9N3O3.ClH/c7-3-4(8)5-1-2-6(12-5)9(10)11;/h1-2,4H,3,7-8H2;1H/t4-;/m1./s1. The van der Waals surface area contributed by atoms with Crippen LogP contribution in [-0.2, 0) is 0 Å². The molecule has 1 aromatic rings. The minimum atomic E-state index is -0.618. The Balaban J connectivity index is 0.00000144. The summed E-state index contributed by atoms with van der Waals surface area (Å²) < 4.78 is 4.79. The first-order chi connectivity index (χ1) is 5.65. The van der Waals surface area contributed by atoms with E-state index in [2.05, 4.69) is 0 Å². The predicted molar refractivity (Wildman–Crippen MR) is 48.6 cm³/mol. The summed E-state index contributed by atoms with van der Waals surface area (Å²) in [5.74, 6) is 0.0260. The molecule has 13 heavy (non-hydrogen) atoms. The predicted octanol–water partition coefficient (Wildman–Crippen LogP) is 0.568. The molecule has 0 aliphatic heterocycles. The van der Waals surface area contributed by atoms with Gasteiger partial charge in [-0.1, -0.05) is 0 Å². The van der Waals surface area contributed by atoms with E-state index in [0.717, 1.165) is 0 Å². The van der Waals surface area contributed by atoms with Crippen molar-refractivity contribution in [3.05, 3.63) is 28.0 Å². The van der Waals surface area contributed by atoms with Gasteiger partial charge in [-0.15, -0.1) is 12.4 Å². The highest BCUT2D eigenvalue weighted by molar-refractivity contribution is 5.85. The first kappa shape index (κ1) is 11.9. The van der Waals surface area contributed by atoms with Crippen molar-refractivity contribution >= 4 is 18.3 Å². The number of halogens is 1. The Bertz CT molecular complexity index is 288. The van der Waals surface area contributed by atoms with E-state index in [9.17, 15) is 10.1 Å². The molecule has 0 aromatic carbocycles. The molecule has 1 heterocycles. The van der Waals surface area contributed by atoms with E-state index in [-0.39, 0.29) is 24.8 Å². The number of furan rings is 1. The Kier molecular flexibility index (Phi) is 4.39. The first-order valence-corrected chi connectivity index (χ1v) is 3.35. The van der Waals surface area contributed by atoms with Crippen molar-refractivity contribution in [3.63, 3.8) is 0 Å². The minimum absolute atomic E-state index is 0. The highest BCUT2D eigenvalue weighted by atomic mass is 35.5. The molecule has 0 aliphatic carbocycles. The summed E-state index contributed by atoms with van der Waals surface area (Å²) in [4.78, 5) is 9.55.